The smallest absolute Gasteiger partial charge is 0.316 e. The third kappa shape index (κ3) is 3.39. The van der Waals surface area contributed by atoms with Gasteiger partial charge in [-0.3, -0.25) is 9.59 Å². The minimum atomic E-state index is -1.02. The van der Waals surface area contributed by atoms with Crippen LogP contribution in [0.4, 0.5) is 0 Å². The van der Waals surface area contributed by atoms with Gasteiger partial charge >= 0.3 is 5.97 Å². The molecular formula is C34H35N3O4S2. The van der Waals surface area contributed by atoms with Crippen LogP contribution in [-0.2, 0) is 38.0 Å². The highest BCUT2D eigenvalue weighted by Crippen LogP contribution is 2.61. The molecule has 3 aliphatic heterocycles. The van der Waals surface area contributed by atoms with E-state index in [1.165, 1.54) is 18.2 Å². The van der Waals surface area contributed by atoms with E-state index in [1.807, 2.05) is 37.4 Å². The van der Waals surface area contributed by atoms with Crippen LogP contribution >= 0.6 is 23.5 Å². The number of ether oxygens (including phenoxy) is 2. The molecule has 2 aromatic heterocycles. The van der Waals surface area contributed by atoms with E-state index in [0.717, 1.165) is 77.8 Å². The second-order valence-electron chi connectivity index (χ2n) is 12.2. The van der Waals surface area contributed by atoms with Crippen LogP contribution in [0, 0.1) is 5.41 Å². The van der Waals surface area contributed by atoms with E-state index in [1.54, 1.807) is 0 Å². The summed E-state index contributed by atoms with van der Waals surface area (Å²) in [6.07, 6.45) is 0.0447. The molecular weight excluding hydrogens is 579 g/mol. The predicted octanol–water partition coefficient (Wildman–Crippen LogP) is 7.44. The number of carbonyl (C=O) groups excluding carboxylic acids is 2. The van der Waals surface area contributed by atoms with Crippen molar-refractivity contribution >= 4 is 79.0 Å². The molecule has 8 rings (SSSR count). The lowest BCUT2D eigenvalue weighted by atomic mass is 9.78. The second-order valence-corrected chi connectivity index (χ2v) is 14.8. The molecule has 0 aliphatic carbocycles. The first-order chi connectivity index (χ1) is 20.8. The number of nitrogens with zero attached hydrogens (tertiary/aromatic N) is 2. The van der Waals surface area contributed by atoms with Crippen LogP contribution in [0.2, 0.25) is 0 Å². The van der Waals surface area contributed by atoms with Gasteiger partial charge in [-0.25, -0.2) is 0 Å². The molecule has 0 saturated carbocycles. The molecule has 222 valence electrons. The number of methoxy groups -OCH3 is 1. The van der Waals surface area contributed by atoms with Crippen molar-refractivity contribution in [1.82, 2.24) is 14.5 Å². The van der Waals surface area contributed by atoms with Crippen molar-refractivity contribution < 1.29 is 19.1 Å². The number of carbonyl (C=O) groups is 2. The highest BCUT2D eigenvalue weighted by atomic mass is 32.2. The fourth-order valence-electron chi connectivity index (χ4n) is 7.95. The van der Waals surface area contributed by atoms with Crippen molar-refractivity contribution in [2.45, 2.75) is 64.1 Å². The van der Waals surface area contributed by atoms with Crippen LogP contribution in [0.15, 0.2) is 36.4 Å². The number of esters is 1. The van der Waals surface area contributed by atoms with Crippen molar-refractivity contribution in [3.8, 4) is 0 Å². The van der Waals surface area contributed by atoms with Gasteiger partial charge in [0.05, 0.1) is 34.7 Å². The normalized spacial score (nSPS) is 24.0. The van der Waals surface area contributed by atoms with E-state index in [2.05, 4.69) is 64.7 Å². The number of hydrogen-bond donors (Lipinski definition) is 1. The molecule has 43 heavy (non-hydrogen) atoms. The van der Waals surface area contributed by atoms with Gasteiger partial charge in [-0.1, -0.05) is 26.0 Å². The zero-order valence-corrected chi connectivity index (χ0v) is 26.8. The number of aromatic nitrogens is 2. The van der Waals surface area contributed by atoms with Gasteiger partial charge in [-0.15, -0.1) is 0 Å². The summed E-state index contributed by atoms with van der Waals surface area (Å²) in [6, 6.07) is 13.3. The summed E-state index contributed by atoms with van der Waals surface area (Å²) in [6.45, 7) is 8.85. The van der Waals surface area contributed by atoms with E-state index in [0.29, 0.717) is 13.0 Å². The maximum atomic E-state index is 13.7. The second kappa shape index (κ2) is 9.43. The largest absolute Gasteiger partial charge is 0.468 e. The molecule has 3 aliphatic rings. The number of benzene rings is 3. The van der Waals surface area contributed by atoms with Gasteiger partial charge < -0.3 is 23.9 Å². The summed E-state index contributed by atoms with van der Waals surface area (Å²) in [5.74, 6) is 3.60. The first-order valence-electron chi connectivity index (χ1n) is 15.1. The summed E-state index contributed by atoms with van der Waals surface area (Å²) in [4.78, 5) is 27.4. The van der Waals surface area contributed by atoms with Crippen LogP contribution < -0.4 is 5.32 Å². The lowest BCUT2D eigenvalue weighted by Gasteiger charge is -2.39. The molecule has 5 heterocycles. The van der Waals surface area contributed by atoms with E-state index < -0.39 is 17.4 Å². The highest BCUT2D eigenvalue weighted by Gasteiger charge is 2.63. The van der Waals surface area contributed by atoms with Crippen LogP contribution in [0.25, 0.3) is 43.6 Å². The van der Waals surface area contributed by atoms with Crippen molar-refractivity contribution in [3.05, 3.63) is 58.7 Å². The topological polar surface area (TPSA) is 74.5 Å². The average Bonchev–Trinajstić information content (AvgIpc) is 3.70. The van der Waals surface area contributed by atoms with Gasteiger partial charge in [-0.05, 0) is 66.3 Å². The molecule has 2 bridgehead atoms. The Morgan fingerprint density at radius 3 is 2.30 bits per heavy atom. The number of hydrogen-bond acceptors (Lipinski definition) is 6. The minimum absolute atomic E-state index is 0.0242. The van der Waals surface area contributed by atoms with Crippen LogP contribution in [-0.4, -0.2) is 39.6 Å². The van der Waals surface area contributed by atoms with Crippen LogP contribution in [0.1, 0.15) is 67.4 Å². The van der Waals surface area contributed by atoms with Crippen molar-refractivity contribution in [3.63, 3.8) is 0 Å². The van der Waals surface area contributed by atoms with E-state index in [9.17, 15) is 9.59 Å². The Morgan fingerprint density at radius 1 is 1.00 bits per heavy atom. The maximum Gasteiger partial charge on any atom is 0.316 e. The van der Waals surface area contributed by atoms with Crippen molar-refractivity contribution in [2.24, 2.45) is 5.41 Å². The number of thioether (sulfide) groups is 2. The van der Waals surface area contributed by atoms with E-state index in [4.69, 9.17) is 9.47 Å². The fraction of sp³-hybridized carbons (Fsp3) is 0.412. The molecule has 1 saturated heterocycles. The van der Waals surface area contributed by atoms with Gasteiger partial charge in [0.2, 0.25) is 0 Å². The number of nitrogens with one attached hydrogen (secondary N) is 1. The average molecular weight is 614 g/mol. The first kappa shape index (κ1) is 27.4. The molecule has 5 aromatic rings. The lowest BCUT2D eigenvalue weighted by molar-refractivity contribution is -0.178. The van der Waals surface area contributed by atoms with Gasteiger partial charge in [0.15, 0.2) is 5.72 Å². The summed E-state index contributed by atoms with van der Waals surface area (Å²) < 4.78 is 17.1. The molecule has 3 atom stereocenters. The fourth-order valence-corrected chi connectivity index (χ4v) is 9.19. The molecule has 0 spiro atoms. The summed E-state index contributed by atoms with van der Waals surface area (Å²) in [5.41, 5.74) is 6.38. The molecule has 1 N–H and O–H groups in total. The number of amides is 1. The first-order valence-corrected chi connectivity index (χ1v) is 17.4. The quantitative estimate of drug-likeness (QED) is 0.192. The van der Waals surface area contributed by atoms with Crippen molar-refractivity contribution in [1.29, 1.82) is 0 Å². The Morgan fingerprint density at radius 2 is 1.65 bits per heavy atom. The van der Waals surface area contributed by atoms with E-state index in [-0.39, 0.29) is 11.9 Å². The summed E-state index contributed by atoms with van der Waals surface area (Å²) in [7, 11) is 1.46. The molecule has 1 fully saturated rings. The zero-order chi connectivity index (χ0) is 29.8. The molecule has 7 nitrogen and oxygen atoms in total. The lowest BCUT2D eigenvalue weighted by Crippen LogP contribution is -2.48. The van der Waals surface area contributed by atoms with E-state index >= 15 is 0 Å². The molecule has 0 radical (unpaired) electrons. The monoisotopic (exact) mass is 613 g/mol. The molecule has 1 amide bonds. The van der Waals surface area contributed by atoms with Crippen LogP contribution in [0.3, 0.4) is 0 Å². The standard InChI is InChI=1S/C34H35N3O4S2/c1-6-42-16-18-8-10-23-20(12-18)27-28-22(15-35-31(28)38)26-21-13-19(17-43-7-2)9-11-24(21)37-30(26)29(27)36(23)25-14-33(3,32(39)40-5)34(37,4)41-25/h8-13,25H,6-7,14-17H2,1-5H3,(H,35,38)/t25-,33+,34?/m0/s1. The Hall–Kier alpha value is -3.14. The summed E-state index contributed by atoms with van der Waals surface area (Å²) in [5, 5.41) is 7.40. The zero-order valence-electron chi connectivity index (χ0n) is 25.1. The third-order valence-electron chi connectivity index (χ3n) is 10.1. The number of fused-ring (bicyclic) bond motifs is 13. The Kier molecular flexibility index (Phi) is 6.01. The highest BCUT2D eigenvalue weighted by molar-refractivity contribution is 7.98. The molecule has 9 heteroatoms. The molecule has 3 aromatic carbocycles. The molecule has 1 unspecified atom stereocenters. The Balaban J connectivity index is 1.60. The third-order valence-corrected chi connectivity index (χ3v) is 12.0. The minimum Gasteiger partial charge on any atom is -0.468 e. The van der Waals surface area contributed by atoms with Gasteiger partial charge in [0.25, 0.3) is 5.91 Å². The Bertz CT molecular complexity index is 2040. The van der Waals surface area contributed by atoms with Gasteiger partial charge in [0, 0.05) is 46.0 Å². The Labute approximate surface area is 258 Å². The van der Waals surface area contributed by atoms with Crippen LogP contribution in [0.5, 0.6) is 0 Å². The van der Waals surface area contributed by atoms with Gasteiger partial charge in [0.1, 0.15) is 11.6 Å². The van der Waals surface area contributed by atoms with Crippen molar-refractivity contribution in [2.75, 3.05) is 18.6 Å². The van der Waals surface area contributed by atoms with Gasteiger partial charge in [-0.2, -0.15) is 23.5 Å². The summed E-state index contributed by atoms with van der Waals surface area (Å²) >= 11 is 3.78. The maximum absolute atomic E-state index is 13.7. The predicted molar refractivity (Wildman–Crippen MR) is 176 cm³/mol. The number of rotatable bonds is 7. The SMILES string of the molecule is CCSCc1ccc2c(c1)c1c3c(c4c5cc(CSCC)ccc5n5c4c1n2[C@@H]1C[C@](C)(C(=O)OC)C5(C)O1)CNC3=O.